The summed E-state index contributed by atoms with van der Waals surface area (Å²) in [7, 11) is -5.40. The Morgan fingerprint density at radius 1 is 1.11 bits per heavy atom. The Morgan fingerprint density at radius 3 is 2.43 bits per heavy atom. The number of amides is 1. The minimum absolute atomic E-state index is 0.0318. The number of carbonyl (C=O) groups excluding carboxylic acids is 1. The van der Waals surface area contributed by atoms with Gasteiger partial charge in [0.15, 0.2) is 10.9 Å². The number of nitrogens with zero attached hydrogens (tertiary/aromatic N) is 3. The van der Waals surface area contributed by atoms with Crippen LogP contribution in [0.3, 0.4) is 0 Å². The molecule has 0 aliphatic carbocycles. The molecule has 1 atom stereocenters. The van der Waals surface area contributed by atoms with E-state index >= 15 is 0 Å². The molecular weight excluding hydrogens is 580 g/mol. The minimum Gasteiger partial charge on any atom is -0.387 e. The average molecular weight is 600 g/mol. The maximum atomic E-state index is 12.9. The van der Waals surface area contributed by atoms with E-state index in [2.05, 4.69) is 10.5 Å². The first-order chi connectivity index (χ1) is 17.4. The third-order valence-electron chi connectivity index (χ3n) is 5.88. The Bertz CT molecular complexity index is 1320. The molecule has 37 heavy (non-hydrogen) atoms. The first kappa shape index (κ1) is 27.8. The van der Waals surface area contributed by atoms with Gasteiger partial charge in [0, 0.05) is 49.5 Å². The molecule has 2 aromatic carbocycles. The van der Waals surface area contributed by atoms with Crippen LogP contribution in [0.4, 0.5) is 24.5 Å². The van der Waals surface area contributed by atoms with E-state index in [-0.39, 0.29) is 26.2 Å². The number of hydrogen-bond donors (Lipinski definition) is 1. The van der Waals surface area contributed by atoms with Crippen molar-refractivity contribution in [1.82, 2.24) is 4.31 Å². The molecule has 0 radical (unpaired) electrons. The predicted molar refractivity (Wildman–Crippen MR) is 136 cm³/mol. The molecule has 15 heteroatoms. The van der Waals surface area contributed by atoms with Gasteiger partial charge in [0.25, 0.3) is 5.91 Å². The van der Waals surface area contributed by atoms with Crippen LogP contribution in [0, 0.1) is 0 Å². The molecule has 0 aromatic heterocycles. The number of sulfonamides is 1. The fourth-order valence-corrected chi connectivity index (χ4v) is 5.42. The molecule has 2 aromatic rings. The molecule has 0 bridgehead atoms. The molecule has 2 heterocycles. The molecule has 1 amide bonds. The molecule has 200 valence electrons. The van der Waals surface area contributed by atoms with Crippen molar-refractivity contribution in [2.45, 2.75) is 22.9 Å². The monoisotopic (exact) mass is 598 g/mol. The maximum Gasteiger partial charge on any atom is 0.511 e. The van der Waals surface area contributed by atoms with Crippen LogP contribution in [-0.2, 0) is 19.7 Å². The number of carbonyl (C=O) groups is 1. The van der Waals surface area contributed by atoms with Crippen molar-refractivity contribution in [3.05, 3.63) is 58.6 Å². The third kappa shape index (κ3) is 5.93. The van der Waals surface area contributed by atoms with Gasteiger partial charge in [-0.05, 0) is 29.8 Å². The van der Waals surface area contributed by atoms with Crippen LogP contribution in [0.25, 0.3) is 0 Å². The molecule has 0 spiro atoms. The SMILES string of the molecule is O=C(Nc1cccc(C2CC(c3c(Cl)cccc3N3CCN(S(=O)(=O)C(F)(F)F)CC3)=NO2)c1)C(Cl)Cl. The number of anilines is 2. The average Bonchev–Trinajstić information content (AvgIpc) is 3.33. The van der Waals surface area contributed by atoms with Gasteiger partial charge in [-0.2, -0.15) is 17.5 Å². The topological polar surface area (TPSA) is 91.3 Å². The highest BCUT2D eigenvalue weighted by Gasteiger charge is 2.50. The van der Waals surface area contributed by atoms with Crippen LogP contribution in [-0.4, -0.2) is 60.9 Å². The van der Waals surface area contributed by atoms with Crippen LogP contribution in [0.2, 0.25) is 5.02 Å². The number of alkyl halides is 5. The number of rotatable bonds is 6. The number of benzene rings is 2. The lowest BCUT2D eigenvalue weighted by atomic mass is 9.98. The summed E-state index contributed by atoms with van der Waals surface area (Å²) in [6.07, 6.45) is -0.169. The van der Waals surface area contributed by atoms with Crippen molar-refractivity contribution < 1.29 is 31.2 Å². The first-order valence-electron chi connectivity index (χ1n) is 10.9. The molecule has 1 saturated heterocycles. The molecule has 1 unspecified atom stereocenters. The van der Waals surface area contributed by atoms with E-state index in [1.165, 1.54) is 0 Å². The summed E-state index contributed by atoms with van der Waals surface area (Å²) in [5.41, 5.74) is -2.48. The summed E-state index contributed by atoms with van der Waals surface area (Å²) in [5.74, 6) is -0.575. The zero-order chi connectivity index (χ0) is 27.0. The zero-order valence-corrected chi connectivity index (χ0v) is 22.0. The van der Waals surface area contributed by atoms with E-state index in [9.17, 15) is 26.4 Å². The number of hydrogen-bond acceptors (Lipinski definition) is 6. The summed E-state index contributed by atoms with van der Waals surface area (Å²) >= 11 is 17.7. The van der Waals surface area contributed by atoms with Crippen LogP contribution < -0.4 is 10.2 Å². The van der Waals surface area contributed by atoms with Crippen LogP contribution >= 0.6 is 34.8 Å². The minimum atomic E-state index is -5.40. The second-order valence-corrected chi connectivity index (χ2v) is 11.7. The second kappa shape index (κ2) is 10.9. The zero-order valence-electron chi connectivity index (χ0n) is 18.9. The van der Waals surface area contributed by atoms with Gasteiger partial charge in [-0.3, -0.25) is 4.79 Å². The van der Waals surface area contributed by atoms with Gasteiger partial charge in [-0.25, -0.2) is 8.42 Å². The molecular formula is C22H20Cl3F3N4O4S. The Kier molecular flexibility index (Phi) is 8.15. The van der Waals surface area contributed by atoms with E-state index < -0.39 is 32.4 Å². The molecule has 2 aliphatic rings. The van der Waals surface area contributed by atoms with Crippen molar-refractivity contribution >= 4 is 67.8 Å². The van der Waals surface area contributed by atoms with E-state index in [0.29, 0.717) is 38.4 Å². The highest BCUT2D eigenvalue weighted by molar-refractivity contribution is 7.90. The summed E-state index contributed by atoms with van der Waals surface area (Å²) in [6.45, 7) is -0.596. The summed E-state index contributed by atoms with van der Waals surface area (Å²) in [6, 6.07) is 12.0. The van der Waals surface area contributed by atoms with Crippen LogP contribution in [0.1, 0.15) is 23.7 Å². The van der Waals surface area contributed by atoms with Crippen molar-refractivity contribution in [2.75, 3.05) is 36.4 Å². The highest BCUT2D eigenvalue weighted by Crippen LogP contribution is 2.37. The quantitative estimate of drug-likeness (QED) is 0.476. The van der Waals surface area contributed by atoms with Crippen molar-refractivity contribution in [1.29, 1.82) is 0 Å². The molecule has 2 aliphatic heterocycles. The van der Waals surface area contributed by atoms with Crippen molar-refractivity contribution in [2.24, 2.45) is 5.16 Å². The maximum absolute atomic E-state index is 12.9. The fraction of sp³-hybridized carbons (Fsp3) is 0.364. The predicted octanol–water partition coefficient (Wildman–Crippen LogP) is 4.92. The first-order valence-corrected chi connectivity index (χ1v) is 13.6. The number of piperazine rings is 1. The third-order valence-corrected chi connectivity index (χ3v) is 8.23. The Morgan fingerprint density at radius 2 is 1.78 bits per heavy atom. The normalized spacial score (nSPS) is 19.1. The smallest absolute Gasteiger partial charge is 0.387 e. The van der Waals surface area contributed by atoms with Gasteiger partial charge in [0.1, 0.15) is 0 Å². The van der Waals surface area contributed by atoms with E-state index in [0.717, 1.165) is 5.56 Å². The van der Waals surface area contributed by atoms with Crippen LogP contribution in [0.5, 0.6) is 0 Å². The lowest BCUT2D eigenvalue weighted by molar-refractivity contribution is -0.114. The lowest BCUT2D eigenvalue weighted by Crippen LogP contribution is -2.52. The van der Waals surface area contributed by atoms with Gasteiger partial charge in [0.2, 0.25) is 0 Å². The van der Waals surface area contributed by atoms with Gasteiger partial charge in [-0.1, -0.05) is 58.2 Å². The highest BCUT2D eigenvalue weighted by atomic mass is 35.5. The Labute approximate surface area is 225 Å². The van der Waals surface area contributed by atoms with Gasteiger partial charge < -0.3 is 15.1 Å². The summed E-state index contributed by atoms with van der Waals surface area (Å²) in [5, 5.41) is 7.16. The summed E-state index contributed by atoms with van der Waals surface area (Å²) < 4.78 is 62.8. The second-order valence-electron chi connectivity index (χ2n) is 8.22. The number of oxime groups is 1. The van der Waals surface area contributed by atoms with Crippen LogP contribution in [0.15, 0.2) is 47.6 Å². The fourth-order valence-electron chi connectivity index (χ4n) is 4.10. The Balaban J connectivity index is 1.50. The molecule has 1 fully saturated rings. The molecule has 1 N–H and O–H groups in total. The molecule has 0 saturated carbocycles. The molecule has 4 rings (SSSR count). The lowest BCUT2D eigenvalue weighted by Gasteiger charge is -2.36. The largest absolute Gasteiger partial charge is 0.511 e. The summed E-state index contributed by atoms with van der Waals surface area (Å²) in [4.78, 5) is 18.0. The Hall–Kier alpha value is -2.25. The van der Waals surface area contributed by atoms with Gasteiger partial charge >= 0.3 is 15.5 Å². The standard InChI is InChI=1S/C22H20Cl3F3N4O4S/c23-15-5-2-6-17(31-7-9-32(10-8-31)37(34,35)22(26,27)28)19(15)16-12-18(36-30-16)13-3-1-4-14(11-13)29-21(33)20(24)25/h1-6,11,18,20H,7-10,12H2,(H,29,33). The van der Waals surface area contributed by atoms with Gasteiger partial charge in [-0.15, -0.1) is 0 Å². The van der Waals surface area contributed by atoms with E-state index in [4.69, 9.17) is 39.6 Å². The van der Waals surface area contributed by atoms with E-state index in [1.807, 2.05) is 0 Å². The van der Waals surface area contributed by atoms with Gasteiger partial charge in [0.05, 0.1) is 10.7 Å². The van der Waals surface area contributed by atoms with Crippen molar-refractivity contribution in [3.63, 3.8) is 0 Å². The van der Waals surface area contributed by atoms with E-state index in [1.54, 1.807) is 47.4 Å². The molecule has 8 nitrogen and oxygen atoms in total. The number of nitrogens with one attached hydrogen (secondary N) is 1. The van der Waals surface area contributed by atoms with Crippen molar-refractivity contribution in [3.8, 4) is 0 Å². The number of halogens is 6.